The van der Waals surface area contributed by atoms with Crippen molar-refractivity contribution in [3.63, 3.8) is 0 Å². The van der Waals surface area contributed by atoms with Gasteiger partial charge in [-0.25, -0.2) is 0 Å². The van der Waals surface area contributed by atoms with E-state index in [1.54, 1.807) is 23.1 Å². The van der Waals surface area contributed by atoms with Crippen LogP contribution in [0.5, 0.6) is 11.5 Å². The summed E-state index contributed by atoms with van der Waals surface area (Å²) in [5.41, 5.74) is 8.26. The first-order chi connectivity index (χ1) is 15.1. The fourth-order valence-corrected chi connectivity index (χ4v) is 3.31. The monoisotopic (exact) mass is 438 g/mol. The van der Waals surface area contributed by atoms with E-state index in [4.69, 9.17) is 26.8 Å². The maximum atomic E-state index is 13.4. The van der Waals surface area contributed by atoms with Crippen LogP contribution in [0.4, 0.5) is 0 Å². The summed E-state index contributed by atoms with van der Waals surface area (Å²) in [4.78, 5) is 15.1. The van der Waals surface area contributed by atoms with Crippen LogP contribution >= 0.6 is 11.6 Å². The molecule has 0 fully saturated rings. The molecule has 0 unspecified atom stereocenters. The summed E-state index contributed by atoms with van der Waals surface area (Å²) < 4.78 is 11.7. The Morgan fingerprint density at radius 3 is 2.39 bits per heavy atom. The van der Waals surface area contributed by atoms with Crippen LogP contribution in [0.3, 0.4) is 0 Å². The summed E-state index contributed by atoms with van der Waals surface area (Å²) in [7, 11) is 0. The second-order valence-electron chi connectivity index (χ2n) is 7.01. The molecule has 0 bridgehead atoms. The largest absolute Gasteiger partial charge is 0.494 e. The van der Waals surface area contributed by atoms with Crippen molar-refractivity contribution in [2.24, 2.45) is 5.73 Å². The average Bonchev–Trinajstić information content (AvgIpc) is 2.79. The van der Waals surface area contributed by atoms with Crippen LogP contribution in [-0.2, 0) is 13.2 Å². The topological polar surface area (TPSA) is 64.8 Å². The van der Waals surface area contributed by atoms with E-state index >= 15 is 0 Å². The summed E-state index contributed by atoms with van der Waals surface area (Å²) in [5.74, 6) is 0.995. The van der Waals surface area contributed by atoms with Gasteiger partial charge in [-0.1, -0.05) is 54.1 Å². The lowest BCUT2D eigenvalue weighted by molar-refractivity contribution is 0.0743. The van der Waals surface area contributed by atoms with Gasteiger partial charge in [0.15, 0.2) is 0 Å². The van der Waals surface area contributed by atoms with Crippen molar-refractivity contribution in [2.75, 3.05) is 19.7 Å². The quantitative estimate of drug-likeness (QED) is 0.488. The number of amides is 1. The Morgan fingerprint density at radius 2 is 1.71 bits per heavy atom. The number of carbonyl (C=O) groups excluding carboxylic acids is 1. The highest BCUT2D eigenvalue weighted by atomic mass is 35.5. The molecule has 3 aromatic rings. The zero-order valence-corrected chi connectivity index (χ0v) is 18.3. The highest BCUT2D eigenvalue weighted by molar-refractivity contribution is 6.30. The van der Waals surface area contributed by atoms with Gasteiger partial charge >= 0.3 is 0 Å². The van der Waals surface area contributed by atoms with E-state index in [9.17, 15) is 4.79 Å². The number of benzene rings is 3. The summed E-state index contributed by atoms with van der Waals surface area (Å²) in [5, 5.41) is 0.656. The Labute approximate surface area is 188 Å². The predicted octanol–water partition coefficient (Wildman–Crippen LogP) is 4.92. The van der Waals surface area contributed by atoms with Crippen molar-refractivity contribution in [1.82, 2.24) is 4.90 Å². The number of hydrogen-bond acceptors (Lipinski definition) is 4. The molecule has 0 saturated carbocycles. The van der Waals surface area contributed by atoms with Gasteiger partial charge in [-0.15, -0.1) is 0 Å². The van der Waals surface area contributed by atoms with Gasteiger partial charge in [-0.05, 0) is 42.3 Å². The number of ether oxygens (including phenoxy) is 2. The Hall–Kier alpha value is -3.02. The highest BCUT2D eigenvalue weighted by Gasteiger charge is 2.21. The van der Waals surface area contributed by atoms with Crippen molar-refractivity contribution < 1.29 is 14.3 Å². The minimum atomic E-state index is -0.147. The molecule has 2 N–H and O–H groups in total. The minimum Gasteiger partial charge on any atom is -0.494 e. The van der Waals surface area contributed by atoms with Crippen LogP contribution in [0, 0.1) is 0 Å². The van der Waals surface area contributed by atoms with E-state index in [0.29, 0.717) is 54.9 Å². The fraction of sp³-hybridized carbons (Fsp3) is 0.240. The lowest BCUT2D eigenvalue weighted by Gasteiger charge is -2.24. The lowest BCUT2D eigenvalue weighted by Crippen LogP contribution is -2.35. The SMILES string of the molecule is CCOc1ccc(C(=O)N(CCN)Cc2ccc(Cl)cc2)c(OCc2ccccc2)c1. The normalized spacial score (nSPS) is 10.5. The molecule has 0 aliphatic rings. The summed E-state index contributed by atoms with van der Waals surface area (Å²) in [6, 6.07) is 22.6. The molecule has 0 aromatic heterocycles. The van der Waals surface area contributed by atoms with Gasteiger partial charge in [-0.2, -0.15) is 0 Å². The number of hydrogen-bond donors (Lipinski definition) is 1. The van der Waals surface area contributed by atoms with Gasteiger partial charge in [0.1, 0.15) is 18.1 Å². The van der Waals surface area contributed by atoms with E-state index in [2.05, 4.69) is 0 Å². The smallest absolute Gasteiger partial charge is 0.257 e. The third-order valence-electron chi connectivity index (χ3n) is 4.70. The van der Waals surface area contributed by atoms with E-state index in [-0.39, 0.29) is 5.91 Å². The fourth-order valence-electron chi connectivity index (χ4n) is 3.18. The third-order valence-corrected chi connectivity index (χ3v) is 4.96. The van der Waals surface area contributed by atoms with Crippen LogP contribution < -0.4 is 15.2 Å². The Morgan fingerprint density at radius 1 is 0.968 bits per heavy atom. The zero-order valence-electron chi connectivity index (χ0n) is 17.6. The molecule has 3 rings (SSSR count). The van der Waals surface area contributed by atoms with Gasteiger partial charge < -0.3 is 20.1 Å². The molecule has 31 heavy (non-hydrogen) atoms. The standard InChI is InChI=1S/C25H27ClN2O3/c1-2-30-22-12-13-23(24(16-22)31-18-20-6-4-3-5-7-20)25(29)28(15-14-27)17-19-8-10-21(26)11-9-19/h3-13,16H,2,14-15,17-18,27H2,1H3. The maximum Gasteiger partial charge on any atom is 0.257 e. The summed E-state index contributed by atoms with van der Waals surface area (Å²) in [6.07, 6.45) is 0. The highest BCUT2D eigenvalue weighted by Crippen LogP contribution is 2.28. The molecule has 0 aliphatic carbocycles. The molecule has 3 aromatic carbocycles. The van der Waals surface area contributed by atoms with Crippen LogP contribution in [0.25, 0.3) is 0 Å². The molecule has 1 amide bonds. The zero-order chi connectivity index (χ0) is 22.1. The number of halogens is 1. The summed E-state index contributed by atoms with van der Waals surface area (Å²) >= 11 is 5.99. The molecule has 0 heterocycles. The van der Waals surface area contributed by atoms with Crippen molar-refractivity contribution in [2.45, 2.75) is 20.1 Å². The molecule has 0 radical (unpaired) electrons. The van der Waals surface area contributed by atoms with Crippen LogP contribution in [0.2, 0.25) is 5.02 Å². The molecule has 0 spiro atoms. The number of carbonyl (C=O) groups is 1. The number of rotatable bonds is 10. The third kappa shape index (κ3) is 6.48. The Balaban J connectivity index is 1.85. The second-order valence-corrected chi connectivity index (χ2v) is 7.44. The molecule has 6 heteroatoms. The van der Waals surface area contributed by atoms with Gasteiger partial charge in [0.25, 0.3) is 5.91 Å². The lowest BCUT2D eigenvalue weighted by atomic mass is 10.1. The number of nitrogens with zero attached hydrogens (tertiary/aromatic N) is 1. The van der Waals surface area contributed by atoms with E-state index in [1.807, 2.05) is 61.5 Å². The van der Waals surface area contributed by atoms with Crippen molar-refractivity contribution in [3.05, 3.63) is 94.5 Å². The Kier molecular flexibility index (Phi) is 8.33. The molecule has 0 saturated heterocycles. The van der Waals surface area contributed by atoms with Gasteiger partial charge in [0.05, 0.1) is 12.2 Å². The molecule has 0 aliphatic heterocycles. The minimum absolute atomic E-state index is 0.147. The molecular formula is C25H27ClN2O3. The van der Waals surface area contributed by atoms with E-state index < -0.39 is 0 Å². The maximum absolute atomic E-state index is 13.4. The van der Waals surface area contributed by atoms with Gasteiger partial charge in [0.2, 0.25) is 0 Å². The number of nitrogens with two attached hydrogens (primary N) is 1. The average molecular weight is 439 g/mol. The van der Waals surface area contributed by atoms with E-state index in [1.165, 1.54) is 0 Å². The molecule has 162 valence electrons. The van der Waals surface area contributed by atoms with Crippen molar-refractivity contribution in [3.8, 4) is 11.5 Å². The first-order valence-electron chi connectivity index (χ1n) is 10.3. The van der Waals surface area contributed by atoms with Gasteiger partial charge in [-0.3, -0.25) is 4.79 Å². The predicted molar refractivity (Wildman–Crippen MR) is 124 cm³/mol. The first-order valence-corrected chi connectivity index (χ1v) is 10.7. The molecule has 5 nitrogen and oxygen atoms in total. The van der Waals surface area contributed by atoms with Crippen molar-refractivity contribution >= 4 is 17.5 Å². The van der Waals surface area contributed by atoms with E-state index in [0.717, 1.165) is 11.1 Å². The van der Waals surface area contributed by atoms with Crippen LogP contribution in [0.15, 0.2) is 72.8 Å². The Bertz CT molecular complexity index is 978. The van der Waals surface area contributed by atoms with Crippen LogP contribution in [0.1, 0.15) is 28.4 Å². The van der Waals surface area contributed by atoms with Gasteiger partial charge in [0, 0.05) is 30.7 Å². The molecule has 0 atom stereocenters. The summed E-state index contributed by atoms with van der Waals surface area (Å²) in [6.45, 7) is 4.01. The second kappa shape index (κ2) is 11.4. The van der Waals surface area contributed by atoms with Crippen molar-refractivity contribution in [1.29, 1.82) is 0 Å². The first kappa shape index (κ1) is 22.7. The molecular weight excluding hydrogens is 412 g/mol. The van der Waals surface area contributed by atoms with Crippen LogP contribution in [-0.4, -0.2) is 30.5 Å².